The fraction of sp³-hybridized carbons (Fsp3) is 0.611. The van der Waals surface area contributed by atoms with E-state index < -0.39 is 11.4 Å². The Kier molecular flexibility index (Phi) is 5.51. The third-order valence-electron chi connectivity index (χ3n) is 5.54. The second-order valence-corrected chi connectivity index (χ2v) is 7.29. The van der Waals surface area contributed by atoms with Gasteiger partial charge in [-0.2, -0.15) is 0 Å². The Hall–Kier alpha value is -1.37. The van der Waals surface area contributed by atoms with Crippen molar-refractivity contribution in [2.75, 3.05) is 40.3 Å². The minimum absolute atomic E-state index is 0.123. The van der Waals surface area contributed by atoms with Crippen LogP contribution in [-0.4, -0.2) is 61.6 Å². The van der Waals surface area contributed by atoms with Crippen molar-refractivity contribution in [3.05, 3.63) is 28.5 Å². The smallest absolute Gasteiger partial charge is 0.240 e. The minimum Gasteiger partial charge on any atom is -0.494 e. The molecule has 138 valence electrons. The number of piperidine rings is 1. The van der Waals surface area contributed by atoms with Gasteiger partial charge in [-0.25, -0.2) is 4.39 Å². The molecule has 1 amide bonds. The molecule has 0 bridgehead atoms. The van der Waals surface area contributed by atoms with Crippen LogP contribution in [0.4, 0.5) is 4.39 Å². The van der Waals surface area contributed by atoms with Crippen molar-refractivity contribution < 1.29 is 13.9 Å². The second-order valence-electron chi connectivity index (χ2n) is 6.88. The predicted molar refractivity (Wildman–Crippen MR) is 95.5 cm³/mol. The van der Waals surface area contributed by atoms with Crippen molar-refractivity contribution in [1.29, 1.82) is 0 Å². The number of methoxy groups -OCH3 is 1. The Balaban J connectivity index is 1.72. The first-order chi connectivity index (χ1) is 12.0. The maximum Gasteiger partial charge on any atom is 0.240 e. The average Bonchev–Trinajstić information content (AvgIpc) is 2.74. The van der Waals surface area contributed by atoms with Gasteiger partial charge in [0.15, 0.2) is 11.6 Å². The number of carbonyl (C=O) groups excluding carboxylic acids is 1. The Labute approximate surface area is 153 Å². The van der Waals surface area contributed by atoms with Crippen LogP contribution < -0.4 is 10.1 Å². The zero-order valence-electron chi connectivity index (χ0n) is 14.8. The molecule has 0 saturated carbocycles. The number of hydrogen-bond acceptors (Lipinski definition) is 4. The maximum atomic E-state index is 14.5. The van der Waals surface area contributed by atoms with Crippen LogP contribution in [0.1, 0.15) is 24.8 Å². The summed E-state index contributed by atoms with van der Waals surface area (Å²) in [6.07, 6.45) is 2.44. The highest BCUT2D eigenvalue weighted by Crippen LogP contribution is 2.33. The van der Waals surface area contributed by atoms with Gasteiger partial charge < -0.3 is 10.1 Å². The summed E-state index contributed by atoms with van der Waals surface area (Å²) < 4.78 is 19.6. The number of hydrogen-bond donors (Lipinski definition) is 1. The number of nitrogens with zero attached hydrogens (tertiary/aromatic N) is 2. The Morgan fingerprint density at radius 2 is 2.04 bits per heavy atom. The second kappa shape index (κ2) is 7.48. The van der Waals surface area contributed by atoms with Crippen LogP contribution in [0.2, 0.25) is 5.02 Å². The molecule has 0 radical (unpaired) electrons. The number of benzene rings is 1. The van der Waals surface area contributed by atoms with Crippen LogP contribution in [0.3, 0.4) is 0 Å². The standard InChI is InChI=1S/C18H25ClFN3O2/c1-22-9-3-8-21-17(24)18(22)6-10-23(11-7-18)12-13-14(19)4-5-15(25-2)16(13)20/h4-5H,3,6-12H2,1-2H3,(H,21,24). The molecule has 0 aromatic heterocycles. The molecule has 2 heterocycles. The molecule has 25 heavy (non-hydrogen) atoms. The zero-order valence-corrected chi connectivity index (χ0v) is 15.5. The summed E-state index contributed by atoms with van der Waals surface area (Å²) in [7, 11) is 3.47. The van der Waals surface area contributed by atoms with E-state index in [-0.39, 0.29) is 11.7 Å². The van der Waals surface area contributed by atoms with Gasteiger partial charge in [0.25, 0.3) is 0 Å². The predicted octanol–water partition coefficient (Wildman–Crippen LogP) is 2.27. The molecule has 2 aliphatic heterocycles. The highest BCUT2D eigenvalue weighted by atomic mass is 35.5. The number of rotatable bonds is 3. The van der Waals surface area contributed by atoms with Crippen molar-refractivity contribution in [2.45, 2.75) is 31.3 Å². The summed E-state index contributed by atoms with van der Waals surface area (Å²) in [6.45, 7) is 3.52. The number of halogens is 2. The van der Waals surface area contributed by atoms with Gasteiger partial charge in [-0.05, 0) is 38.4 Å². The molecule has 0 atom stereocenters. The molecular formula is C18H25ClFN3O2. The molecule has 2 saturated heterocycles. The summed E-state index contributed by atoms with van der Waals surface area (Å²) in [5.41, 5.74) is 0.0135. The lowest BCUT2D eigenvalue weighted by atomic mass is 9.85. The number of carbonyl (C=O) groups is 1. The van der Waals surface area contributed by atoms with E-state index in [0.717, 1.165) is 45.4 Å². The van der Waals surface area contributed by atoms with Gasteiger partial charge in [-0.3, -0.25) is 14.6 Å². The van der Waals surface area contributed by atoms with E-state index in [0.29, 0.717) is 17.1 Å². The molecular weight excluding hydrogens is 345 g/mol. The molecule has 1 aromatic rings. The number of nitrogens with one attached hydrogen (secondary N) is 1. The highest BCUT2D eigenvalue weighted by Gasteiger charge is 2.45. The van der Waals surface area contributed by atoms with Crippen molar-refractivity contribution >= 4 is 17.5 Å². The van der Waals surface area contributed by atoms with E-state index in [2.05, 4.69) is 15.1 Å². The third-order valence-corrected chi connectivity index (χ3v) is 5.90. The highest BCUT2D eigenvalue weighted by molar-refractivity contribution is 6.31. The van der Waals surface area contributed by atoms with Crippen LogP contribution in [0.15, 0.2) is 12.1 Å². The van der Waals surface area contributed by atoms with Crippen molar-refractivity contribution in [2.24, 2.45) is 0 Å². The number of ether oxygens (including phenoxy) is 1. The maximum absolute atomic E-state index is 14.5. The molecule has 1 N–H and O–H groups in total. The average molecular weight is 370 g/mol. The molecule has 0 unspecified atom stereocenters. The quantitative estimate of drug-likeness (QED) is 0.887. The molecule has 1 aromatic carbocycles. The van der Waals surface area contributed by atoms with E-state index >= 15 is 0 Å². The lowest BCUT2D eigenvalue weighted by molar-refractivity contribution is -0.134. The summed E-state index contributed by atoms with van der Waals surface area (Å²) in [5, 5.41) is 3.44. The molecule has 3 rings (SSSR count). The minimum atomic E-state index is -0.441. The largest absolute Gasteiger partial charge is 0.494 e. The fourth-order valence-electron chi connectivity index (χ4n) is 3.86. The van der Waals surface area contributed by atoms with Gasteiger partial charge in [0.2, 0.25) is 5.91 Å². The Bertz CT molecular complexity index is 647. The van der Waals surface area contributed by atoms with Crippen molar-refractivity contribution in [3.63, 3.8) is 0 Å². The van der Waals surface area contributed by atoms with Gasteiger partial charge >= 0.3 is 0 Å². The van der Waals surface area contributed by atoms with E-state index in [1.807, 2.05) is 7.05 Å². The topological polar surface area (TPSA) is 44.8 Å². The first-order valence-corrected chi connectivity index (χ1v) is 9.08. The van der Waals surface area contributed by atoms with E-state index in [9.17, 15) is 9.18 Å². The number of likely N-dealkylation sites (tertiary alicyclic amines) is 1. The molecule has 7 heteroatoms. The van der Waals surface area contributed by atoms with Gasteiger partial charge in [0, 0.05) is 43.3 Å². The summed E-state index contributed by atoms with van der Waals surface area (Å²) >= 11 is 6.19. The first kappa shape index (κ1) is 18.4. The van der Waals surface area contributed by atoms with Gasteiger partial charge in [0.05, 0.1) is 7.11 Å². The molecule has 5 nitrogen and oxygen atoms in total. The normalized spacial score (nSPS) is 21.8. The van der Waals surface area contributed by atoms with E-state index in [1.165, 1.54) is 13.2 Å². The Morgan fingerprint density at radius 1 is 1.32 bits per heavy atom. The van der Waals surface area contributed by atoms with Crippen LogP contribution in [-0.2, 0) is 11.3 Å². The number of likely N-dealkylation sites (N-methyl/N-ethyl adjacent to an activating group) is 1. The lowest BCUT2D eigenvalue weighted by Gasteiger charge is -2.45. The molecule has 0 aliphatic carbocycles. The summed E-state index contributed by atoms with van der Waals surface area (Å²) in [6, 6.07) is 3.20. The lowest BCUT2D eigenvalue weighted by Crippen LogP contribution is -2.60. The van der Waals surface area contributed by atoms with Gasteiger partial charge in [0.1, 0.15) is 5.54 Å². The van der Waals surface area contributed by atoms with Gasteiger partial charge in [-0.15, -0.1) is 0 Å². The van der Waals surface area contributed by atoms with Gasteiger partial charge in [-0.1, -0.05) is 11.6 Å². The van der Waals surface area contributed by atoms with Crippen molar-refractivity contribution in [1.82, 2.24) is 15.1 Å². The molecule has 2 aliphatic rings. The monoisotopic (exact) mass is 369 g/mol. The zero-order chi connectivity index (χ0) is 18.0. The van der Waals surface area contributed by atoms with E-state index in [1.54, 1.807) is 6.07 Å². The first-order valence-electron chi connectivity index (χ1n) is 8.71. The Morgan fingerprint density at radius 3 is 2.72 bits per heavy atom. The third kappa shape index (κ3) is 3.48. The van der Waals surface area contributed by atoms with Crippen molar-refractivity contribution in [3.8, 4) is 5.75 Å². The summed E-state index contributed by atoms with van der Waals surface area (Å²) in [4.78, 5) is 16.9. The molecule has 1 spiro atoms. The summed E-state index contributed by atoms with van der Waals surface area (Å²) in [5.74, 6) is -0.0758. The van der Waals surface area contributed by atoms with Crippen LogP contribution in [0.5, 0.6) is 5.75 Å². The van der Waals surface area contributed by atoms with Crippen LogP contribution in [0.25, 0.3) is 0 Å². The SMILES string of the molecule is COc1ccc(Cl)c(CN2CCC3(CC2)C(=O)NCCCN3C)c1F. The molecule has 2 fully saturated rings. The van der Waals surface area contributed by atoms with Crippen LogP contribution in [0, 0.1) is 5.82 Å². The van der Waals surface area contributed by atoms with Crippen LogP contribution >= 0.6 is 11.6 Å². The number of amides is 1. The van der Waals surface area contributed by atoms with E-state index in [4.69, 9.17) is 16.3 Å². The fourth-order valence-corrected chi connectivity index (χ4v) is 4.07.